The molecule has 1 aliphatic heterocycles. The van der Waals surface area contributed by atoms with Crippen LogP contribution in [0.1, 0.15) is 17.3 Å². The zero-order valence-electron chi connectivity index (χ0n) is 12.8. The Morgan fingerprint density at radius 1 is 1.17 bits per heavy atom. The van der Waals surface area contributed by atoms with E-state index in [9.17, 15) is 14.0 Å². The molecular weight excluding hydrogens is 333 g/mol. The number of thioether (sulfide) groups is 1. The number of hydrogen-bond acceptors (Lipinski definition) is 5. The van der Waals surface area contributed by atoms with E-state index in [-0.39, 0.29) is 30.1 Å². The van der Waals surface area contributed by atoms with Gasteiger partial charge in [-0.25, -0.2) is 4.39 Å². The Morgan fingerprint density at radius 3 is 2.50 bits per heavy atom. The molecule has 0 saturated carbocycles. The molecule has 0 bridgehead atoms. The van der Waals surface area contributed by atoms with Crippen LogP contribution in [0.3, 0.4) is 0 Å². The van der Waals surface area contributed by atoms with Gasteiger partial charge in [-0.2, -0.15) is 0 Å². The van der Waals surface area contributed by atoms with E-state index in [0.29, 0.717) is 22.7 Å². The van der Waals surface area contributed by atoms with E-state index in [0.717, 1.165) is 4.90 Å². The van der Waals surface area contributed by atoms with Gasteiger partial charge in [0.15, 0.2) is 17.3 Å². The summed E-state index contributed by atoms with van der Waals surface area (Å²) in [4.78, 5) is 24.7. The van der Waals surface area contributed by atoms with Crippen molar-refractivity contribution in [2.24, 2.45) is 0 Å². The van der Waals surface area contributed by atoms with Crippen molar-refractivity contribution in [1.29, 1.82) is 0 Å². The van der Waals surface area contributed by atoms with Crippen molar-refractivity contribution in [3.05, 3.63) is 47.8 Å². The van der Waals surface area contributed by atoms with Gasteiger partial charge in [-0.3, -0.25) is 9.59 Å². The zero-order valence-corrected chi connectivity index (χ0v) is 13.6. The summed E-state index contributed by atoms with van der Waals surface area (Å²) < 4.78 is 23.4. The Morgan fingerprint density at radius 2 is 1.83 bits per heavy atom. The predicted molar refractivity (Wildman–Crippen MR) is 88.3 cm³/mol. The lowest BCUT2D eigenvalue weighted by molar-refractivity contribution is -0.113. The van der Waals surface area contributed by atoms with Crippen LogP contribution in [-0.2, 0) is 4.79 Å². The first-order valence-electron chi connectivity index (χ1n) is 7.16. The minimum atomic E-state index is -0.324. The molecule has 0 unspecified atom stereocenters. The number of ketones is 1. The Kier molecular flexibility index (Phi) is 4.71. The van der Waals surface area contributed by atoms with Crippen LogP contribution in [0.15, 0.2) is 41.3 Å². The summed E-state index contributed by atoms with van der Waals surface area (Å²) in [6.07, 6.45) is 0. The number of halogens is 1. The molecule has 0 atom stereocenters. The van der Waals surface area contributed by atoms with Gasteiger partial charge in [-0.1, -0.05) is 0 Å². The largest absolute Gasteiger partial charge is 0.454 e. The highest BCUT2D eigenvalue weighted by Crippen LogP contribution is 2.37. The summed E-state index contributed by atoms with van der Waals surface area (Å²) in [5.41, 5.74) is 0.746. The molecule has 2 aromatic carbocycles. The van der Waals surface area contributed by atoms with Crippen molar-refractivity contribution in [2.45, 2.75) is 11.8 Å². The topological polar surface area (TPSA) is 64.6 Å². The monoisotopic (exact) mass is 347 g/mol. The molecule has 7 heteroatoms. The van der Waals surface area contributed by atoms with Crippen molar-refractivity contribution < 1.29 is 23.5 Å². The lowest BCUT2D eigenvalue weighted by Gasteiger charge is -2.10. The predicted octanol–water partition coefficient (Wildman–Crippen LogP) is 3.49. The second-order valence-corrected chi connectivity index (χ2v) is 6.15. The van der Waals surface area contributed by atoms with E-state index in [1.807, 2.05) is 0 Å². The number of anilines is 1. The molecule has 1 aliphatic rings. The second-order valence-electron chi connectivity index (χ2n) is 5.10. The third-order valence-corrected chi connectivity index (χ3v) is 4.36. The Hall–Kier alpha value is -2.54. The number of hydrogen-bond donors (Lipinski definition) is 1. The molecule has 124 valence electrons. The van der Waals surface area contributed by atoms with E-state index in [2.05, 4.69) is 5.32 Å². The first-order chi connectivity index (χ1) is 11.5. The van der Waals surface area contributed by atoms with Crippen LogP contribution in [0, 0.1) is 5.82 Å². The molecule has 0 spiro atoms. The summed E-state index contributed by atoms with van der Waals surface area (Å²) in [5, 5.41) is 2.71. The number of fused-ring (bicyclic) bond motifs is 1. The van der Waals surface area contributed by atoms with Crippen LogP contribution in [-0.4, -0.2) is 24.2 Å². The van der Waals surface area contributed by atoms with Crippen molar-refractivity contribution in [3.63, 3.8) is 0 Å². The quantitative estimate of drug-likeness (QED) is 0.663. The van der Waals surface area contributed by atoms with Crippen LogP contribution in [0.5, 0.6) is 11.5 Å². The van der Waals surface area contributed by atoms with E-state index in [4.69, 9.17) is 9.47 Å². The molecule has 1 N–H and O–H groups in total. The summed E-state index contributed by atoms with van der Waals surface area (Å²) in [6.45, 7) is 1.50. The normalized spacial score (nSPS) is 12.1. The van der Waals surface area contributed by atoms with Gasteiger partial charge in [0.2, 0.25) is 12.7 Å². The molecule has 0 aliphatic carbocycles. The van der Waals surface area contributed by atoms with Gasteiger partial charge in [0, 0.05) is 16.5 Å². The molecule has 0 radical (unpaired) electrons. The maximum atomic E-state index is 12.9. The Bertz CT molecular complexity index is 792. The number of carbonyl (C=O) groups excluding carboxylic acids is 2. The van der Waals surface area contributed by atoms with Gasteiger partial charge in [-0.05, 0) is 37.3 Å². The van der Waals surface area contributed by atoms with E-state index < -0.39 is 0 Å². The minimum Gasteiger partial charge on any atom is -0.454 e. The number of nitrogens with one attached hydrogen (secondary N) is 1. The average molecular weight is 347 g/mol. The first kappa shape index (κ1) is 16.3. The highest BCUT2D eigenvalue weighted by molar-refractivity contribution is 8.00. The molecule has 1 amide bonds. The van der Waals surface area contributed by atoms with Crippen LogP contribution in [0.4, 0.5) is 10.1 Å². The number of Topliss-reactive ketones (excluding diaryl/α,β-unsaturated/α-hetero) is 1. The minimum absolute atomic E-state index is 0.0878. The Labute approximate surface area is 142 Å². The van der Waals surface area contributed by atoms with Crippen molar-refractivity contribution in [3.8, 4) is 11.5 Å². The standard InChI is InChI=1S/C17H14FNO4S/c1-10(20)13-6-15-16(23-9-22-15)7-14(13)19-17(21)8-24-12-4-2-11(18)3-5-12/h2-7H,8-9H2,1H3,(H,19,21). The molecule has 0 saturated heterocycles. The molecular formula is C17H14FNO4S. The maximum Gasteiger partial charge on any atom is 0.234 e. The highest BCUT2D eigenvalue weighted by atomic mass is 32.2. The summed E-state index contributed by atoms with van der Waals surface area (Å²) in [5.74, 6) is 0.327. The number of benzene rings is 2. The highest BCUT2D eigenvalue weighted by Gasteiger charge is 2.20. The van der Waals surface area contributed by atoms with Crippen LogP contribution >= 0.6 is 11.8 Å². The van der Waals surface area contributed by atoms with Gasteiger partial charge in [0.1, 0.15) is 5.82 Å². The fourth-order valence-electron chi connectivity index (χ4n) is 2.20. The number of ether oxygens (including phenoxy) is 2. The summed E-state index contributed by atoms with van der Waals surface area (Å²) >= 11 is 1.28. The van der Waals surface area contributed by atoms with E-state index in [1.165, 1.54) is 30.8 Å². The molecule has 0 fully saturated rings. The number of amides is 1. The van der Waals surface area contributed by atoms with Gasteiger partial charge in [0.25, 0.3) is 0 Å². The second kappa shape index (κ2) is 6.92. The third kappa shape index (κ3) is 3.68. The smallest absolute Gasteiger partial charge is 0.234 e. The number of carbonyl (C=O) groups is 2. The first-order valence-corrected chi connectivity index (χ1v) is 8.14. The van der Waals surface area contributed by atoms with Gasteiger partial charge >= 0.3 is 0 Å². The summed E-state index contributed by atoms with van der Waals surface area (Å²) in [6, 6.07) is 9.04. The van der Waals surface area contributed by atoms with Gasteiger partial charge in [-0.15, -0.1) is 11.8 Å². The van der Waals surface area contributed by atoms with Crippen molar-refractivity contribution >= 4 is 29.1 Å². The Balaban J connectivity index is 1.69. The molecule has 1 heterocycles. The molecule has 24 heavy (non-hydrogen) atoms. The lowest BCUT2D eigenvalue weighted by Crippen LogP contribution is -2.16. The number of rotatable bonds is 5. The van der Waals surface area contributed by atoms with Crippen molar-refractivity contribution in [1.82, 2.24) is 0 Å². The van der Waals surface area contributed by atoms with Crippen LogP contribution in [0.25, 0.3) is 0 Å². The lowest BCUT2D eigenvalue weighted by atomic mass is 10.1. The molecule has 5 nitrogen and oxygen atoms in total. The van der Waals surface area contributed by atoms with Crippen LogP contribution < -0.4 is 14.8 Å². The molecule has 3 rings (SSSR count). The van der Waals surface area contributed by atoms with Crippen molar-refractivity contribution in [2.75, 3.05) is 17.9 Å². The average Bonchev–Trinajstić information content (AvgIpc) is 3.00. The fraction of sp³-hybridized carbons (Fsp3) is 0.176. The van der Waals surface area contributed by atoms with E-state index in [1.54, 1.807) is 24.3 Å². The third-order valence-electron chi connectivity index (χ3n) is 3.35. The van der Waals surface area contributed by atoms with Gasteiger partial charge in [0.05, 0.1) is 11.4 Å². The molecule has 0 aromatic heterocycles. The molecule has 2 aromatic rings. The SMILES string of the molecule is CC(=O)c1cc2c(cc1NC(=O)CSc1ccc(F)cc1)OCO2. The fourth-order valence-corrected chi connectivity index (χ4v) is 2.90. The van der Waals surface area contributed by atoms with Crippen LogP contribution in [0.2, 0.25) is 0 Å². The summed E-state index contributed by atoms with van der Waals surface area (Å²) in [7, 11) is 0. The van der Waals surface area contributed by atoms with E-state index >= 15 is 0 Å². The maximum absolute atomic E-state index is 12.9. The van der Waals surface area contributed by atoms with Gasteiger partial charge < -0.3 is 14.8 Å². The zero-order chi connectivity index (χ0) is 17.1.